The summed E-state index contributed by atoms with van der Waals surface area (Å²) in [4.78, 5) is 12.5. The Labute approximate surface area is 139 Å². The van der Waals surface area contributed by atoms with E-state index in [9.17, 15) is 13.2 Å². The Hall–Kier alpha value is -1.87. The number of carbonyl (C=O) groups excluding carboxylic acids is 1. The second-order valence-electron chi connectivity index (χ2n) is 4.98. The quantitative estimate of drug-likeness (QED) is 0.604. The van der Waals surface area contributed by atoms with Gasteiger partial charge in [-0.15, -0.1) is 10.2 Å². The summed E-state index contributed by atoms with van der Waals surface area (Å²) in [5.74, 6) is -0.0495. The van der Waals surface area contributed by atoms with Crippen LogP contribution in [0.1, 0.15) is 24.2 Å². The third kappa shape index (κ3) is 4.80. The van der Waals surface area contributed by atoms with E-state index >= 15 is 0 Å². The number of nitrogens with one attached hydrogen (secondary N) is 1. The number of Topliss-reactive ketones (excluding diaryl/α,β-unsaturated/α-hetero) is 1. The summed E-state index contributed by atoms with van der Waals surface area (Å²) in [5, 5.41) is 8.22. The van der Waals surface area contributed by atoms with Crippen LogP contribution in [0, 0.1) is 0 Å². The van der Waals surface area contributed by atoms with E-state index in [-0.39, 0.29) is 11.0 Å². The van der Waals surface area contributed by atoms with E-state index < -0.39 is 10.0 Å². The number of rotatable bonds is 7. The van der Waals surface area contributed by atoms with E-state index in [1.807, 2.05) is 18.4 Å². The monoisotopic (exact) mass is 354 g/mol. The molecule has 0 aliphatic carbocycles. The predicted molar refractivity (Wildman–Crippen MR) is 90.3 cm³/mol. The van der Waals surface area contributed by atoms with E-state index in [0.29, 0.717) is 16.4 Å². The second-order valence-corrected chi connectivity index (χ2v) is 8.03. The lowest BCUT2D eigenvalue weighted by molar-refractivity contribution is 0.0994. The number of benzene rings is 1. The number of anilines is 1. The molecule has 0 saturated heterocycles. The first-order valence-electron chi connectivity index (χ1n) is 6.96. The van der Waals surface area contributed by atoms with Gasteiger partial charge in [0.1, 0.15) is 6.33 Å². The first-order chi connectivity index (χ1) is 10.8. The van der Waals surface area contributed by atoms with Crippen molar-refractivity contribution in [2.24, 2.45) is 0 Å². The summed E-state index contributed by atoms with van der Waals surface area (Å²) < 4.78 is 26.6. The van der Waals surface area contributed by atoms with Crippen LogP contribution in [0.3, 0.4) is 0 Å². The van der Waals surface area contributed by atoms with Crippen LogP contribution in [0.25, 0.3) is 0 Å². The first kappa shape index (κ1) is 17.5. The number of aromatic nitrogens is 3. The molecule has 2 aromatic rings. The summed E-state index contributed by atoms with van der Waals surface area (Å²) in [6, 6.07) is 6.36. The van der Waals surface area contributed by atoms with Crippen molar-refractivity contribution in [3.8, 4) is 0 Å². The van der Waals surface area contributed by atoms with Crippen molar-refractivity contribution in [1.82, 2.24) is 14.8 Å². The van der Waals surface area contributed by atoms with Crippen molar-refractivity contribution in [2.45, 2.75) is 30.8 Å². The van der Waals surface area contributed by atoms with Gasteiger partial charge in [0.05, 0.1) is 11.5 Å². The number of hydrogen-bond acceptors (Lipinski definition) is 6. The molecule has 0 saturated carbocycles. The van der Waals surface area contributed by atoms with E-state index in [1.165, 1.54) is 11.8 Å². The highest BCUT2D eigenvalue weighted by Crippen LogP contribution is 2.24. The second kappa shape index (κ2) is 7.14. The van der Waals surface area contributed by atoms with Crippen LogP contribution < -0.4 is 4.72 Å². The summed E-state index contributed by atoms with van der Waals surface area (Å²) in [7, 11) is -3.33. The molecule has 0 amide bonds. The Bertz CT molecular complexity index is 785. The Morgan fingerprint density at radius 1 is 1.35 bits per heavy atom. The highest BCUT2D eigenvalue weighted by molar-refractivity contribution is 8.00. The number of sulfonamides is 1. The van der Waals surface area contributed by atoms with Gasteiger partial charge in [0.25, 0.3) is 0 Å². The molecule has 0 aliphatic rings. The summed E-state index contributed by atoms with van der Waals surface area (Å²) in [6.45, 7) is 4.53. The van der Waals surface area contributed by atoms with Crippen molar-refractivity contribution in [3.63, 3.8) is 0 Å². The summed E-state index contributed by atoms with van der Waals surface area (Å²) in [5.41, 5.74) is 0.946. The van der Waals surface area contributed by atoms with Crippen molar-refractivity contribution in [1.29, 1.82) is 0 Å². The molecular weight excluding hydrogens is 336 g/mol. The first-order valence-corrected chi connectivity index (χ1v) is 9.74. The molecule has 1 heterocycles. The van der Waals surface area contributed by atoms with Gasteiger partial charge in [-0.25, -0.2) is 8.42 Å². The van der Waals surface area contributed by atoms with Crippen LogP contribution in [0.4, 0.5) is 5.69 Å². The lowest BCUT2D eigenvalue weighted by Gasteiger charge is -2.11. The van der Waals surface area contributed by atoms with Crippen molar-refractivity contribution < 1.29 is 13.2 Å². The highest BCUT2D eigenvalue weighted by atomic mass is 32.2. The van der Waals surface area contributed by atoms with Crippen LogP contribution in [0.5, 0.6) is 0 Å². The van der Waals surface area contributed by atoms with Crippen molar-refractivity contribution >= 4 is 33.3 Å². The minimum absolute atomic E-state index is 0.0495. The Kier molecular flexibility index (Phi) is 5.42. The van der Waals surface area contributed by atoms with Gasteiger partial charge in [0.15, 0.2) is 10.9 Å². The summed E-state index contributed by atoms with van der Waals surface area (Å²) in [6.07, 6.45) is 2.71. The van der Waals surface area contributed by atoms with Crippen LogP contribution in [-0.2, 0) is 16.6 Å². The lowest BCUT2D eigenvalue weighted by Crippen LogP contribution is -2.15. The standard InChI is InChI=1S/C14H18N4O3S2/c1-4-18-9-15-16-14(18)22-10(2)13(19)11-5-7-12(8-6-11)17-23(3,20)21/h5-10,17H,4H2,1-3H3/t10-/m0/s1. The minimum Gasteiger partial charge on any atom is -0.309 e. The van der Waals surface area contributed by atoms with Gasteiger partial charge in [0.2, 0.25) is 10.0 Å². The van der Waals surface area contributed by atoms with Gasteiger partial charge in [-0.3, -0.25) is 9.52 Å². The molecule has 0 bridgehead atoms. The van der Waals surface area contributed by atoms with Crippen LogP contribution in [-0.4, -0.2) is 40.5 Å². The minimum atomic E-state index is -3.33. The molecule has 0 aliphatic heterocycles. The van der Waals surface area contributed by atoms with E-state index in [4.69, 9.17) is 0 Å². The predicted octanol–water partition coefficient (Wildman–Crippen LogP) is 2.03. The zero-order valence-corrected chi connectivity index (χ0v) is 14.7. The molecule has 124 valence electrons. The van der Waals surface area contributed by atoms with Crippen LogP contribution >= 0.6 is 11.8 Å². The van der Waals surface area contributed by atoms with Gasteiger partial charge in [-0.1, -0.05) is 11.8 Å². The molecule has 23 heavy (non-hydrogen) atoms. The number of nitrogens with zero attached hydrogens (tertiary/aromatic N) is 3. The Balaban J connectivity index is 2.07. The molecule has 1 aromatic heterocycles. The van der Waals surface area contributed by atoms with E-state index in [1.54, 1.807) is 30.6 Å². The summed E-state index contributed by atoms with van der Waals surface area (Å²) >= 11 is 1.35. The lowest BCUT2D eigenvalue weighted by atomic mass is 10.1. The molecule has 0 radical (unpaired) electrons. The molecule has 1 aromatic carbocycles. The fourth-order valence-electron chi connectivity index (χ4n) is 1.92. The maximum absolute atomic E-state index is 12.5. The number of thioether (sulfide) groups is 1. The van der Waals surface area contributed by atoms with Gasteiger partial charge < -0.3 is 4.57 Å². The molecular formula is C14H18N4O3S2. The molecule has 2 rings (SSSR count). The molecule has 1 N–H and O–H groups in total. The normalized spacial score (nSPS) is 12.8. The number of carbonyl (C=O) groups is 1. The Morgan fingerprint density at radius 3 is 2.57 bits per heavy atom. The molecule has 0 unspecified atom stereocenters. The van der Waals surface area contributed by atoms with Crippen molar-refractivity contribution in [3.05, 3.63) is 36.2 Å². The Morgan fingerprint density at radius 2 is 2.00 bits per heavy atom. The fraction of sp³-hybridized carbons (Fsp3) is 0.357. The molecule has 0 fully saturated rings. The maximum Gasteiger partial charge on any atom is 0.229 e. The van der Waals surface area contributed by atoms with Crippen LogP contribution in [0.15, 0.2) is 35.7 Å². The molecule has 9 heteroatoms. The third-order valence-corrected chi connectivity index (χ3v) is 4.75. The van der Waals surface area contributed by atoms with Crippen molar-refractivity contribution in [2.75, 3.05) is 11.0 Å². The third-order valence-electron chi connectivity index (χ3n) is 3.04. The zero-order chi connectivity index (χ0) is 17.0. The van der Waals surface area contributed by atoms with E-state index in [0.717, 1.165) is 12.8 Å². The van der Waals surface area contributed by atoms with Gasteiger partial charge >= 0.3 is 0 Å². The largest absolute Gasteiger partial charge is 0.309 e. The fourth-order valence-corrected chi connectivity index (χ4v) is 3.45. The van der Waals surface area contributed by atoms with E-state index in [2.05, 4.69) is 14.9 Å². The molecule has 0 spiro atoms. The number of ketones is 1. The SMILES string of the molecule is CCn1cnnc1S[C@@H](C)C(=O)c1ccc(NS(C)(=O)=O)cc1. The van der Waals surface area contributed by atoms with Crippen LogP contribution in [0.2, 0.25) is 0 Å². The molecule has 7 nitrogen and oxygen atoms in total. The van der Waals surface area contributed by atoms with Gasteiger partial charge in [0, 0.05) is 17.8 Å². The maximum atomic E-state index is 12.5. The average molecular weight is 354 g/mol. The van der Waals surface area contributed by atoms with Gasteiger partial charge in [-0.2, -0.15) is 0 Å². The zero-order valence-electron chi connectivity index (χ0n) is 13.1. The molecule has 1 atom stereocenters. The average Bonchev–Trinajstić information content (AvgIpc) is 2.92. The number of hydrogen-bond donors (Lipinski definition) is 1. The van der Waals surface area contributed by atoms with Gasteiger partial charge in [-0.05, 0) is 38.1 Å². The number of aryl methyl sites for hydroxylation is 1. The topological polar surface area (TPSA) is 93.9 Å². The smallest absolute Gasteiger partial charge is 0.229 e. The highest BCUT2D eigenvalue weighted by Gasteiger charge is 2.19.